The van der Waals surface area contributed by atoms with E-state index in [1.54, 1.807) is 0 Å². The highest BCUT2D eigenvalue weighted by Crippen LogP contribution is 2.11. The molecule has 1 saturated heterocycles. The first-order valence-electron chi connectivity index (χ1n) is 4.90. The summed E-state index contributed by atoms with van der Waals surface area (Å²) in [6, 6.07) is 0. The average molecular weight is 189 g/mol. The number of nitrogens with one attached hydrogen (secondary N) is 1. The number of aliphatic hydroxyl groups is 2. The molecule has 3 N–H and O–H groups in total. The fourth-order valence-corrected chi connectivity index (χ4v) is 1.47. The van der Waals surface area contributed by atoms with Crippen molar-refractivity contribution in [3.8, 4) is 0 Å². The van der Waals surface area contributed by atoms with E-state index in [1.165, 1.54) is 0 Å². The molecule has 1 aliphatic heterocycles. The van der Waals surface area contributed by atoms with Crippen molar-refractivity contribution in [2.24, 2.45) is 5.92 Å². The lowest BCUT2D eigenvalue weighted by atomic mass is 9.99. The molecule has 1 atom stereocenters. The first kappa shape index (κ1) is 10.9. The molecule has 13 heavy (non-hydrogen) atoms. The van der Waals surface area contributed by atoms with Crippen molar-refractivity contribution in [2.75, 3.05) is 32.9 Å². The normalized spacial score (nSPS) is 21.7. The van der Waals surface area contributed by atoms with E-state index in [4.69, 9.17) is 14.9 Å². The molecule has 0 saturated carbocycles. The monoisotopic (exact) mass is 189 g/mol. The van der Waals surface area contributed by atoms with Gasteiger partial charge >= 0.3 is 0 Å². The van der Waals surface area contributed by atoms with Crippen LogP contribution in [-0.2, 0) is 4.74 Å². The number of piperidine rings is 1. The molecule has 0 spiro atoms. The molecule has 1 heterocycles. The van der Waals surface area contributed by atoms with Gasteiger partial charge in [0, 0.05) is 6.61 Å². The predicted molar refractivity (Wildman–Crippen MR) is 49.5 cm³/mol. The Bertz CT molecular complexity index is 126. The molecule has 1 rings (SSSR count). The van der Waals surface area contributed by atoms with Gasteiger partial charge < -0.3 is 20.3 Å². The molecule has 0 amide bonds. The number of ether oxygens (including phenoxy) is 1. The Morgan fingerprint density at radius 3 is 2.69 bits per heavy atom. The standard InChI is InChI=1S/C9H19NO3/c11-5-9(12)7-13-6-8-1-3-10-4-2-8/h8-12H,1-7H2. The molecule has 4 heteroatoms. The number of hydrogen-bond donors (Lipinski definition) is 3. The van der Waals surface area contributed by atoms with Crippen LogP contribution < -0.4 is 5.32 Å². The summed E-state index contributed by atoms with van der Waals surface area (Å²) in [7, 11) is 0. The van der Waals surface area contributed by atoms with E-state index >= 15 is 0 Å². The van der Waals surface area contributed by atoms with Crippen molar-refractivity contribution in [1.29, 1.82) is 0 Å². The van der Waals surface area contributed by atoms with E-state index in [0.29, 0.717) is 12.5 Å². The molecule has 4 nitrogen and oxygen atoms in total. The summed E-state index contributed by atoms with van der Waals surface area (Å²) < 4.78 is 5.29. The maximum atomic E-state index is 9.00. The third kappa shape index (κ3) is 4.57. The van der Waals surface area contributed by atoms with Crippen molar-refractivity contribution in [2.45, 2.75) is 18.9 Å². The SMILES string of the molecule is OCC(O)COCC1CCNCC1. The van der Waals surface area contributed by atoms with Gasteiger partial charge in [-0.25, -0.2) is 0 Å². The fraction of sp³-hybridized carbons (Fsp3) is 1.00. The first-order chi connectivity index (χ1) is 6.33. The highest BCUT2D eigenvalue weighted by molar-refractivity contribution is 4.67. The topological polar surface area (TPSA) is 61.7 Å². The second-order valence-electron chi connectivity index (χ2n) is 3.57. The molecular weight excluding hydrogens is 170 g/mol. The molecule has 1 aliphatic rings. The van der Waals surface area contributed by atoms with Crippen molar-refractivity contribution in [1.82, 2.24) is 5.32 Å². The van der Waals surface area contributed by atoms with Crippen LogP contribution in [0.25, 0.3) is 0 Å². The second kappa shape index (κ2) is 6.32. The third-order valence-electron chi connectivity index (χ3n) is 2.33. The Morgan fingerprint density at radius 2 is 2.08 bits per heavy atom. The summed E-state index contributed by atoms with van der Waals surface area (Å²) in [5.74, 6) is 0.618. The van der Waals surface area contributed by atoms with E-state index in [9.17, 15) is 0 Å². The van der Waals surface area contributed by atoms with Crippen LogP contribution >= 0.6 is 0 Å². The fourth-order valence-electron chi connectivity index (χ4n) is 1.47. The van der Waals surface area contributed by atoms with Crippen LogP contribution in [-0.4, -0.2) is 49.2 Å². The molecule has 0 aromatic carbocycles. The number of rotatable bonds is 5. The van der Waals surface area contributed by atoms with Crippen molar-refractivity contribution in [3.63, 3.8) is 0 Å². The van der Waals surface area contributed by atoms with Crippen LogP contribution in [0.5, 0.6) is 0 Å². The van der Waals surface area contributed by atoms with E-state index in [-0.39, 0.29) is 13.2 Å². The van der Waals surface area contributed by atoms with Gasteiger partial charge in [0.25, 0.3) is 0 Å². The Morgan fingerprint density at radius 1 is 1.38 bits per heavy atom. The van der Waals surface area contributed by atoms with Crippen LogP contribution in [0.2, 0.25) is 0 Å². The molecule has 0 aliphatic carbocycles. The third-order valence-corrected chi connectivity index (χ3v) is 2.33. The quantitative estimate of drug-likeness (QED) is 0.538. The van der Waals surface area contributed by atoms with Gasteiger partial charge in [0.15, 0.2) is 0 Å². The second-order valence-corrected chi connectivity index (χ2v) is 3.57. The molecule has 78 valence electrons. The lowest BCUT2D eigenvalue weighted by Crippen LogP contribution is -2.31. The van der Waals surface area contributed by atoms with E-state index < -0.39 is 6.10 Å². The summed E-state index contributed by atoms with van der Waals surface area (Å²) in [5, 5.41) is 20.8. The molecule has 1 unspecified atom stereocenters. The van der Waals surface area contributed by atoms with Crippen LogP contribution in [0.15, 0.2) is 0 Å². The Labute approximate surface area is 78.9 Å². The van der Waals surface area contributed by atoms with Gasteiger partial charge in [0.1, 0.15) is 6.10 Å². The van der Waals surface area contributed by atoms with Gasteiger partial charge in [-0.2, -0.15) is 0 Å². The van der Waals surface area contributed by atoms with Crippen LogP contribution in [0.4, 0.5) is 0 Å². The summed E-state index contributed by atoms with van der Waals surface area (Å²) in [6.45, 7) is 2.87. The number of hydrogen-bond acceptors (Lipinski definition) is 4. The van der Waals surface area contributed by atoms with Gasteiger partial charge in [-0.05, 0) is 31.8 Å². The van der Waals surface area contributed by atoms with Gasteiger partial charge in [-0.15, -0.1) is 0 Å². The number of aliphatic hydroxyl groups excluding tert-OH is 2. The Balaban J connectivity index is 1.98. The van der Waals surface area contributed by atoms with Crippen LogP contribution in [0.1, 0.15) is 12.8 Å². The van der Waals surface area contributed by atoms with E-state index in [2.05, 4.69) is 5.32 Å². The largest absolute Gasteiger partial charge is 0.394 e. The predicted octanol–water partition coefficient (Wildman–Crippen LogP) is -0.644. The zero-order valence-corrected chi connectivity index (χ0v) is 7.91. The van der Waals surface area contributed by atoms with Gasteiger partial charge in [0.2, 0.25) is 0 Å². The summed E-state index contributed by atoms with van der Waals surface area (Å²) in [6.07, 6.45) is 1.58. The van der Waals surface area contributed by atoms with E-state index in [1.807, 2.05) is 0 Å². The van der Waals surface area contributed by atoms with Crippen LogP contribution in [0.3, 0.4) is 0 Å². The molecule has 0 radical (unpaired) electrons. The molecule has 0 aromatic rings. The van der Waals surface area contributed by atoms with Gasteiger partial charge in [0.05, 0.1) is 13.2 Å². The molecule has 0 bridgehead atoms. The maximum Gasteiger partial charge on any atom is 0.100 e. The molecule has 1 fully saturated rings. The lowest BCUT2D eigenvalue weighted by Gasteiger charge is -2.22. The lowest BCUT2D eigenvalue weighted by molar-refractivity contribution is -0.00754. The zero-order chi connectivity index (χ0) is 9.52. The van der Waals surface area contributed by atoms with Crippen molar-refractivity contribution >= 4 is 0 Å². The minimum Gasteiger partial charge on any atom is -0.394 e. The first-order valence-corrected chi connectivity index (χ1v) is 4.90. The van der Waals surface area contributed by atoms with E-state index in [0.717, 1.165) is 25.9 Å². The van der Waals surface area contributed by atoms with Gasteiger partial charge in [-0.3, -0.25) is 0 Å². The highest BCUT2D eigenvalue weighted by atomic mass is 16.5. The van der Waals surface area contributed by atoms with Gasteiger partial charge in [-0.1, -0.05) is 0 Å². The zero-order valence-electron chi connectivity index (χ0n) is 7.91. The summed E-state index contributed by atoms with van der Waals surface area (Å²) in [5.41, 5.74) is 0. The Hall–Kier alpha value is -0.160. The highest BCUT2D eigenvalue weighted by Gasteiger charge is 2.13. The summed E-state index contributed by atoms with van der Waals surface area (Å²) in [4.78, 5) is 0. The van der Waals surface area contributed by atoms with Crippen molar-refractivity contribution in [3.05, 3.63) is 0 Å². The minimum atomic E-state index is -0.721. The smallest absolute Gasteiger partial charge is 0.100 e. The van der Waals surface area contributed by atoms with Crippen molar-refractivity contribution < 1.29 is 14.9 Å². The molecule has 0 aromatic heterocycles. The Kier molecular flexibility index (Phi) is 5.31. The maximum absolute atomic E-state index is 9.00. The summed E-state index contributed by atoms with van der Waals surface area (Å²) >= 11 is 0. The average Bonchev–Trinajstić information content (AvgIpc) is 2.19. The minimum absolute atomic E-state index is 0.216. The van der Waals surface area contributed by atoms with Crippen LogP contribution in [0, 0.1) is 5.92 Å². The molecular formula is C9H19NO3.